The predicted molar refractivity (Wildman–Crippen MR) is 45.2 cm³/mol. The van der Waals surface area contributed by atoms with Crippen molar-refractivity contribution in [2.45, 2.75) is 0 Å². The average molecular weight is 185 g/mol. The molecule has 0 spiro atoms. The van der Waals surface area contributed by atoms with Crippen LogP contribution in [-0.2, 0) is 14.4 Å². The van der Waals surface area contributed by atoms with Gasteiger partial charge in [0.2, 0.25) is 11.8 Å². The molecule has 0 unspecified atom stereocenters. The number of primary amides is 1. The lowest BCUT2D eigenvalue weighted by molar-refractivity contribution is -0.144. The normalized spacial score (nSPS) is 9.00. The third-order valence-corrected chi connectivity index (χ3v) is 1.23. The molecule has 0 aromatic rings. The number of carbonyl (C=O) groups excluding carboxylic acids is 3. The molecule has 0 rings (SSSR count). The molecule has 0 aromatic carbocycles. The molecule has 0 saturated carbocycles. The van der Waals surface area contributed by atoms with Gasteiger partial charge in [0.05, 0.1) is 6.54 Å². The van der Waals surface area contributed by atoms with E-state index >= 15 is 0 Å². The average Bonchev–Trinajstić information content (AvgIpc) is 2.11. The summed E-state index contributed by atoms with van der Waals surface area (Å²) < 4.78 is 0. The number of carbonyl (C=O) groups is 3. The second-order valence-electron chi connectivity index (χ2n) is 2.19. The minimum Gasteiger partial charge on any atom is -0.368 e. The number of amides is 3. The number of nitrogens with two attached hydrogens (primary N) is 2. The van der Waals surface area contributed by atoms with Gasteiger partial charge in [-0.3, -0.25) is 19.3 Å². The van der Waals surface area contributed by atoms with E-state index in [2.05, 4.69) is 6.58 Å². The molecule has 0 atom stereocenters. The fourth-order valence-electron chi connectivity index (χ4n) is 0.665. The number of hydrogen-bond acceptors (Lipinski definition) is 4. The molecule has 72 valence electrons. The second kappa shape index (κ2) is 5.04. The molecule has 0 aliphatic rings. The Bertz CT molecular complexity index is 249. The Morgan fingerprint density at radius 1 is 1.38 bits per heavy atom. The monoisotopic (exact) mass is 185 g/mol. The fourth-order valence-corrected chi connectivity index (χ4v) is 0.665. The zero-order chi connectivity index (χ0) is 10.4. The molecule has 0 aliphatic heterocycles. The molecule has 0 aliphatic carbocycles. The van der Waals surface area contributed by atoms with Crippen LogP contribution in [0.5, 0.6) is 0 Å². The van der Waals surface area contributed by atoms with E-state index in [1.807, 2.05) is 0 Å². The SMILES string of the molecule is C=CC(=O)N(CC(N)=O)C(=O)CN. The Labute approximate surface area is 75.2 Å². The lowest BCUT2D eigenvalue weighted by atomic mass is 10.4. The summed E-state index contributed by atoms with van der Waals surface area (Å²) in [5.41, 5.74) is 9.83. The Morgan fingerprint density at radius 3 is 2.23 bits per heavy atom. The lowest BCUT2D eigenvalue weighted by Crippen LogP contribution is -2.44. The van der Waals surface area contributed by atoms with Crippen LogP contribution < -0.4 is 11.5 Å². The summed E-state index contributed by atoms with van der Waals surface area (Å²) in [6.45, 7) is 2.34. The van der Waals surface area contributed by atoms with Crippen LogP contribution in [0.25, 0.3) is 0 Å². The third-order valence-electron chi connectivity index (χ3n) is 1.23. The van der Waals surface area contributed by atoms with Crippen LogP contribution in [0.2, 0.25) is 0 Å². The highest BCUT2D eigenvalue weighted by Gasteiger charge is 2.19. The van der Waals surface area contributed by atoms with E-state index in [9.17, 15) is 14.4 Å². The van der Waals surface area contributed by atoms with Crippen molar-refractivity contribution in [3.63, 3.8) is 0 Å². The molecule has 0 heterocycles. The van der Waals surface area contributed by atoms with Gasteiger partial charge in [0.15, 0.2) is 0 Å². The van der Waals surface area contributed by atoms with Gasteiger partial charge in [0, 0.05) is 0 Å². The minimum absolute atomic E-state index is 0.354. The first-order chi connectivity index (χ1) is 6.02. The van der Waals surface area contributed by atoms with Crippen LogP contribution >= 0.6 is 0 Å². The minimum atomic E-state index is -0.781. The zero-order valence-electron chi connectivity index (χ0n) is 7.03. The Hall–Kier alpha value is -1.69. The predicted octanol–water partition coefficient (Wildman–Crippen LogP) is -2.03. The molecule has 13 heavy (non-hydrogen) atoms. The van der Waals surface area contributed by atoms with E-state index in [1.54, 1.807) is 0 Å². The van der Waals surface area contributed by atoms with E-state index in [-0.39, 0.29) is 6.54 Å². The second-order valence-corrected chi connectivity index (χ2v) is 2.19. The number of rotatable bonds is 4. The van der Waals surface area contributed by atoms with E-state index in [0.717, 1.165) is 6.08 Å². The van der Waals surface area contributed by atoms with E-state index in [4.69, 9.17) is 11.5 Å². The van der Waals surface area contributed by atoms with Gasteiger partial charge in [-0.1, -0.05) is 6.58 Å². The summed E-state index contributed by atoms with van der Waals surface area (Å²) in [6.07, 6.45) is 0.913. The summed E-state index contributed by atoms with van der Waals surface area (Å²) in [5.74, 6) is -2.13. The van der Waals surface area contributed by atoms with Gasteiger partial charge >= 0.3 is 0 Å². The summed E-state index contributed by atoms with van der Waals surface area (Å²) in [6, 6.07) is 0. The first-order valence-corrected chi connectivity index (χ1v) is 3.48. The van der Waals surface area contributed by atoms with Crippen molar-refractivity contribution in [2.24, 2.45) is 11.5 Å². The maximum atomic E-state index is 11.0. The summed E-state index contributed by atoms with van der Waals surface area (Å²) in [4.78, 5) is 33.0. The molecular weight excluding hydrogens is 174 g/mol. The van der Waals surface area contributed by atoms with Gasteiger partial charge in [0.1, 0.15) is 6.54 Å². The first kappa shape index (κ1) is 11.3. The largest absolute Gasteiger partial charge is 0.368 e. The van der Waals surface area contributed by atoms with E-state index in [1.165, 1.54) is 0 Å². The Balaban J connectivity index is 4.54. The maximum Gasteiger partial charge on any atom is 0.253 e. The first-order valence-electron chi connectivity index (χ1n) is 3.48. The zero-order valence-corrected chi connectivity index (χ0v) is 7.03. The van der Waals surface area contributed by atoms with Crippen LogP contribution in [-0.4, -0.2) is 35.7 Å². The quantitative estimate of drug-likeness (QED) is 0.492. The molecular formula is C7H11N3O3. The van der Waals surface area contributed by atoms with Crippen molar-refractivity contribution < 1.29 is 14.4 Å². The van der Waals surface area contributed by atoms with Crippen LogP contribution in [0, 0.1) is 0 Å². The van der Waals surface area contributed by atoms with Crippen molar-refractivity contribution in [2.75, 3.05) is 13.1 Å². The Morgan fingerprint density at radius 2 is 1.92 bits per heavy atom. The van der Waals surface area contributed by atoms with E-state index in [0.29, 0.717) is 4.90 Å². The van der Waals surface area contributed by atoms with Crippen molar-refractivity contribution in [3.05, 3.63) is 12.7 Å². The molecule has 0 bridgehead atoms. The van der Waals surface area contributed by atoms with Crippen LogP contribution in [0.3, 0.4) is 0 Å². The number of nitrogens with zero attached hydrogens (tertiary/aromatic N) is 1. The van der Waals surface area contributed by atoms with Crippen LogP contribution in [0.15, 0.2) is 12.7 Å². The molecule has 6 nitrogen and oxygen atoms in total. The molecule has 0 aromatic heterocycles. The van der Waals surface area contributed by atoms with Gasteiger partial charge in [-0.25, -0.2) is 0 Å². The van der Waals surface area contributed by atoms with Crippen molar-refractivity contribution in [1.29, 1.82) is 0 Å². The van der Waals surface area contributed by atoms with Gasteiger partial charge in [-0.15, -0.1) is 0 Å². The molecule has 0 radical (unpaired) electrons. The molecule has 0 saturated heterocycles. The molecule has 3 amide bonds. The van der Waals surface area contributed by atoms with Gasteiger partial charge in [-0.05, 0) is 6.08 Å². The third kappa shape index (κ3) is 3.48. The fraction of sp³-hybridized carbons (Fsp3) is 0.286. The van der Waals surface area contributed by atoms with Gasteiger partial charge < -0.3 is 11.5 Å². The lowest BCUT2D eigenvalue weighted by Gasteiger charge is -2.15. The highest BCUT2D eigenvalue weighted by molar-refractivity contribution is 6.03. The highest BCUT2D eigenvalue weighted by atomic mass is 16.2. The molecule has 4 N–H and O–H groups in total. The van der Waals surface area contributed by atoms with Gasteiger partial charge in [0.25, 0.3) is 5.91 Å². The topological polar surface area (TPSA) is 106 Å². The summed E-state index contributed by atoms with van der Waals surface area (Å²) in [5, 5.41) is 0. The van der Waals surface area contributed by atoms with Crippen LogP contribution in [0.1, 0.15) is 0 Å². The van der Waals surface area contributed by atoms with Crippen molar-refractivity contribution in [1.82, 2.24) is 4.90 Å². The summed E-state index contributed by atoms with van der Waals surface area (Å²) >= 11 is 0. The summed E-state index contributed by atoms with van der Waals surface area (Å²) in [7, 11) is 0. The highest BCUT2D eigenvalue weighted by Crippen LogP contribution is 1.90. The number of imide groups is 1. The van der Waals surface area contributed by atoms with Crippen molar-refractivity contribution in [3.8, 4) is 0 Å². The smallest absolute Gasteiger partial charge is 0.253 e. The van der Waals surface area contributed by atoms with Crippen LogP contribution in [0.4, 0.5) is 0 Å². The maximum absolute atomic E-state index is 11.0. The Kier molecular flexibility index (Phi) is 4.39. The molecule has 0 fully saturated rings. The van der Waals surface area contributed by atoms with Gasteiger partial charge in [-0.2, -0.15) is 0 Å². The standard InChI is InChI=1S/C7H11N3O3/c1-2-6(12)10(4-5(9)11)7(13)3-8/h2H,1,3-4,8H2,(H2,9,11). The number of hydrogen-bond donors (Lipinski definition) is 2. The van der Waals surface area contributed by atoms with E-state index < -0.39 is 24.3 Å². The molecule has 6 heteroatoms. The van der Waals surface area contributed by atoms with Crippen molar-refractivity contribution >= 4 is 17.7 Å².